The number of aromatic carboxylic acids is 1. The number of carbonyl (C=O) groups is 1. The monoisotopic (exact) mass is 240 g/mol. The summed E-state index contributed by atoms with van der Waals surface area (Å²) >= 11 is 0. The molecule has 1 saturated heterocycles. The van der Waals surface area contributed by atoms with Gasteiger partial charge in [-0.25, -0.2) is 14.2 Å². The summed E-state index contributed by atoms with van der Waals surface area (Å²) in [6.45, 7) is 1.25. The first kappa shape index (κ1) is 11.8. The molecule has 1 aliphatic heterocycles. The molecule has 0 saturated carbocycles. The van der Waals surface area contributed by atoms with E-state index in [-0.39, 0.29) is 23.9 Å². The molecule has 0 amide bonds. The number of nitrogens with zero attached hydrogens (tertiary/aromatic N) is 2. The van der Waals surface area contributed by atoms with Crippen LogP contribution in [0, 0.1) is 11.7 Å². The Kier molecular flexibility index (Phi) is 3.23. The van der Waals surface area contributed by atoms with Gasteiger partial charge in [0, 0.05) is 25.6 Å². The molecule has 1 aromatic heterocycles. The number of rotatable bonds is 3. The smallest absolute Gasteiger partial charge is 0.339 e. The Morgan fingerprint density at radius 2 is 2.41 bits per heavy atom. The van der Waals surface area contributed by atoms with Crippen molar-refractivity contribution in [2.24, 2.45) is 5.92 Å². The van der Waals surface area contributed by atoms with E-state index in [1.54, 1.807) is 4.90 Å². The van der Waals surface area contributed by atoms with E-state index in [0.717, 1.165) is 18.7 Å². The molecule has 6 heteroatoms. The fourth-order valence-corrected chi connectivity index (χ4v) is 2.02. The van der Waals surface area contributed by atoms with E-state index in [4.69, 9.17) is 10.2 Å². The SMILES string of the molecule is O=C(O)c1cc(F)cnc1N1CCC(CO)C1. The van der Waals surface area contributed by atoms with Crippen LogP contribution in [0.15, 0.2) is 12.3 Å². The number of hydrogen-bond donors (Lipinski definition) is 2. The first-order valence-corrected chi connectivity index (χ1v) is 5.36. The maximum absolute atomic E-state index is 13.0. The molecule has 1 aliphatic rings. The van der Waals surface area contributed by atoms with Crippen molar-refractivity contribution in [3.8, 4) is 0 Å². The standard InChI is InChI=1S/C11H13FN2O3/c12-8-3-9(11(16)17)10(13-4-8)14-2-1-7(5-14)6-15/h3-4,7,15H,1-2,5-6H2,(H,16,17). The first-order chi connectivity index (χ1) is 8.11. The van der Waals surface area contributed by atoms with E-state index >= 15 is 0 Å². The maximum atomic E-state index is 13.0. The number of aromatic nitrogens is 1. The van der Waals surface area contributed by atoms with Crippen LogP contribution in [0.1, 0.15) is 16.8 Å². The minimum Gasteiger partial charge on any atom is -0.478 e. The summed E-state index contributed by atoms with van der Waals surface area (Å²) in [4.78, 5) is 16.6. The van der Waals surface area contributed by atoms with Gasteiger partial charge < -0.3 is 15.1 Å². The highest BCUT2D eigenvalue weighted by atomic mass is 19.1. The zero-order valence-corrected chi connectivity index (χ0v) is 9.14. The molecule has 2 N–H and O–H groups in total. The summed E-state index contributed by atoms with van der Waals surface area (Å²) in [5.41, 5.74) is -0.136. The molecule has 0 bridgehead atoms. The zero-order chi connectivity index (χ0) is 12.4. The number of anilines is 1. The summed E-state index contributed by atoms with van der Waals surface area (Å²) in [6.07, 6.45) is 1.79. The largest absolute Gasteiger partial charge is 0.478 e. The minimum absolute atomic E-state index is 0.0695. The molecule has 1 unspecified atom stereocenters. The van der Waals surface area contributed by atoms with Gasteiger partial charge >= 0.3 is 5.97 Å². The quantitative estimate of drug-likeness (QED) is 0.815. The predicted octanol–water partition coefficient (Wildman–Crippen LogP) is 0.738. The van der Waals surface area contributed by atoms with E-state index in [2.05, 4.69) is 4.98 Å². The van der Waals surface area contributed by atoms with Crippen molar-refractivity contribution in [1.29, 1.82) is 0 Å². The van der Waals surface area contributed by atoms with Crippen molar-refractivity contribution in [2.45, 2.75) is 6.42 Å². The van der Waals surface area contributed by atoms with E-state index in [1.165, 1.54) is 0 Å². The highest BCUT2D eigenvalue weighted by Gasteiger charge is 2.26. The average Bonchev–Trinajstić information content (AvgIpc) is 2.77. The molecule has 2 heterocycles. The van der Waals surface area contributed by atoms with Crippen LogP contribution in [0.5, 0.6) is 0 Å². The second kappa shape index (κ2) is 4.67. The Balaban J connectivity index is 2.29. The molecule has 17 heavy (non-hydrogen) atoms. The molecule has 2 rings (SSSR count). The van der Waals surface area contributed by atoms with Gasteiger partial charge in [-0.3, -0.25) is 0 Å². The number of carboxylic acid groups (broad SMARTS) is 1. The van der Waals surface area contributed by atoms with Crippen molar-refractivity contribution in [3.05, 3.63) is 23.6 Å². The van der Waals surface area contributed by atoms with Crippen molar-refractivity contribution in [1.82, 2.24) is 4.98 Å². The van der Waals surface area contributed by atoms with Crippen LogP contribution in [0.25, 0.3) is 0 Å². The van der Waals surface area contributed by atoms with Crippen molar-refractivity contribution in [2.75, 3.05) is 24.6 Å². The summed E-state index contributed by atoms with van der Waals surface area (Å²) in [5.74, 6) is -1.46. The first-order valence-electron chi connectivity index (χ1n) is 5.36. The molecular weight excluding hydrogens is 227 g/mol. The summed E-state index contributed by atoms with van der Waals surface area (Å²) in [6, 6.07) is 0.969. The summed E-state index contributed by atoms with van der Waals surface area (Å²) in [7, 11) is 0. The Labute approximate surface area is 97.5 Å². The van der Waals surface area contributed by atoms with Gasteiger partial charge in [0.2, 0.25) is 0 Å². The molecule has 1 atom stereocenters. The Morgan fingerprint density at radius 1 is 1.65 bits per heavy atom. The molecule has 1 fully saturated rings. The van der Waals surface area contributed by atoms with Gasteiger partial charge in [-0.15, -0.1) is 0 Å². The highest BCUT2D eigenvalue weighted by molar-refractivity contribution is 5.93. The number of halogens is 1. The van der Waals surface area contributed by atoms with Gasteiger partial charge in [-0.05, 0) is 12.5 Å². The number of aliphatic hydroxyl groups excluding tert-OH is 1. The number of carboxylic acids is 1. The molecule has 92 valence electrons. The second-order valence-electron chi connectivity index (χ2n) is 4.11. The lowest BCUT2D eigenvalue weighted by atomic mass is 10.1. The summed E-state index contributed by atoms with van der Waals surface area (Å²) in [5, 5.41) is 18.0. The van der Waals surface area contributed by atoms with E-state index in [9.17, 15) is 9.18 Å². The van der Waals surface area contributed by atoms with Crippen molar-refractivity contribution in [3.63, 3.8) is 0 Å². The lowest BCUT2D eigenvalue weighted by Gasteiger charge is -2.18. The van der Waals surface area contributed by atoms with Gasteiger partial charge in [0.25, 0.3) is 0 Å². The van der Waals surface area contributed by atoms with Crippen LogP contribution >= 0.6 is 0 Å². The van der Waals surface area contributed by atoms with Gasteiger partial charge in [-0.2, -0.15) is 0 Å². The third-order valence-corrected chi connectivity index (χ3v) is 2.91. The van der Waals surface area contributed by atoms with Crippen LogP contribution in [0.4, 0.5) is 10.2 Å². The molecule has 1 aromatic rings. The number of pyridine rings is 1. The molecule has 5 nitrogen and oxygen atoms in total. The Hall–Kier alpha value is -1.69. The number of aliphatic hydroxyl groups is 1. The van der Waals surface area contributed by atoms with E-state index in [1.807, 2.05) is 0 Å². The van der Waals surface area contributed by atoms with Crippen LogP contribution in [0.3, 0.4) is 0 Å². The molecule has 0 aliphatic carbocycles. The lowest BCUT2D eigenvalue weighted by molar-refractivity contribution is 0.0696. The van der Waals surface area contributed by atoms with Gasteiger partial charge in [0.1, 0.15) is 17.2 Å². The fourth-order valence-electron chi connectivity index (χ4n) is 2.02. The molecular formula is C11H13FN2O3. The minimum atomic E-state index is -1.19. The third kappa shape index (κ3) is 2.36. The normalized spacial score (nSPS) is 19.6. The zero-order valence-electron chi connectivity index (χ0n) is 9.14. The van der Waals surface area contributed by atoms with Crippen LogP contribution < -0.4 is 4.90 Å². The average molecular weight is 240 g/mol. The molecule has 0 radical (unpaired) electrons. The summed E-state index contributed by atoms with van der Waals surface area (Å²) < 4.78 is 13.0. The van der Waals surface area contributed by atoms with Gasteiger partial charge in [0.15, 0.2) is 0 Å². The Bertz CT molecular complexity index is 439. The second-order valence-corrected chi connectivity index (χ2v) is 4.11. The molecule has 0 spiro atoms. The van der Waals surface area contributed by atoms with Crippen LogP contribution in [0.2, 0.25) is 0 Å². The molecule has 0 aromatic carbocycles. The van der Waals surface area contributed by atoms with E-state index in [0.29, 0.717) is 13.1 Å². The van der Waals surface area contributed by atoms with Gasteiger partial charge in [-0.1, -0.05) is 0 Å². The third-order valence-electron chi connectivity index (χ3n) is 2.91. The number of hydrogen-bond acceptors (Lipinski definition) is 4. The van der Waals surface area contributed by atoms with E-state index < -0.39 is 11.8 Å². The van der Waals surface area contributed by atoms with Gasteiger partial charge in [0.05, 0.1) is 6.20 Å². The van der Waals surface area contributed by atoms with Crippen molar-refractivity contribution >= 4 is 11.8 Å². The highest BCUT2D eigenvalue weighted by Crippen LogP contribution is 2.25. The fraction of sp³-hybridized carbons (Fsp3) is 0.455. The Morgan fingerprint density at radius 3 is 3.00 bits per heavy atom. The maximum Gasteiger partial charge on any atom is 0.339 e. The van der Waals surface area contributed by atoms with Crippen LogP contribution in [-0.2, 0) is 0 Å². The predicted molar refractivity (Wildman–Crippen MR) is 58.6 cm³/mol. The van der Waals surface area contributed by atoms with Crippen LogP contribution in [-0.4, -0.2) is 40.9 Å². The van der Waals surface area contributed by atoms with Crippen molar-refractivity contribution < 1.29 is 19.4 Å². The topological polar surface area (TPSA) is 73.7 Å². The lowest BCUT2D eigenvalue weighted by Crippen LogP contribution is -2.24.